The third-order valence-corrected chi connectivity index (χ3v) is 3.65. The van der Waals surface area contributed by atoms with Gasteiger partial charge in [0.05, 0.1) is 17.5 Å². The Morgan fingerprint density at radius 2 is 2.17 bits per heavy atom. The van der Waals surface area contributed by atoms with Crippen LogP contribution in [0.15, 0.2) is 24.3 Å². The van der Waals surface area contributed by atoms with Crippen LogP contribution in [-0.4, -0.2) is 16.9 Å². The lowest BCUT2D eigenvalue weighted by Gasteiger charge is -2.16. The molecule has 1 saturated carbocycles. The van der Waals surface area contributed by atoms with E-state index in [1.54, 1.807) is 6.07 Å². The lowest BCUT2D eigenvalue weighted by Crippen LogP contribution is -2.45. The number of benzene rings is 1. The van der Waals surface area contributed by atoms with Gasteiger partial charge in [-0.25, -0.2) is 0 Å². The number of hydrogen-bond donors (Lipinski definition) is 2. The van der Waals surface area contributed by atoms with Crippen molar-refractivity contribution < 1.29 is 4.79 Å². The zero-order valence-corrected chi connectivity index (χ0v) is 11.4. The summed E-state index contributed by atoms with van der Waals surface area (Å²) in [6.07, 6.45) is 2.41. The van der Waals surface area contributed by atoms with E-state index in [1.165, 1.54) is 0 Å². The summed E-state index contributed by atoms with van der Waals surface area (Å²) in [6, 6.07) is 7.15. The smallest absolute Gasteiger partial charge is 0.225 e. The van der Waals surface area contributed by atoms with Gasteiger partial charge in [-0.2, -0.15) is 0 Å². The minimum absolute atomic E-state index is 0.0900. The molecule has 96 valence electrons. The van der Waals surface area contributed by atoms with Crippen molar-refractivity contribution in [1.29, 1.82) is 0 Å². The van der Waals surface area contributed by atoms with Crippen LogP contribution in [0.3, 0.4) is 0 Å². The zero-order chi connectivity index (χ0) is 13.1. The number of hydrogen-bond acceptors (Lipinski definition) is 2. The van der Waals surface area contributed by atoms with Gasteiger partial charge in [0.25, 0.3) is 0 Å². The first kappa shape index (κ1) is 13.3. The van der Waals surface area contributed by atoms with Crippen molar-refractivity contribution >= 4 is 34.7 Å². The average molecular weight is 283 g/mol. The molecule has 18 heavy (non-hydrogen) atoms. The van der Waals surface area contributed by atoms with E-state index in [9.17, 15) is 4.79 Å². The Bertz CT molecular complexity index is 474. The predicted molar refractivity (Wildman–Crippen MR) is 76.6 cm³/mol. The van der Waals surface area contributed by atoms with E-state index < -0.39 is 0 Å². The molecule has 2 rings (SSSR count). The minimum atomic E-state index is -0.171. The molecule has 1 fully saturated rings. The highest BCUT2D eigenvalue weighted by atomic mass is 35.5. The maximum absolute atomic E-state index is 11.9. The number of nitrogens with one attached hydrogen (secondary N) is 1. The number of rotatable bonds is 5. The molecule has 0 aromatic heterocycles. The maximum Gasteiger partial charge on any atom is 0.225 e. The molecule has 1 aromatic rings. The molecule has 0 aliphatic heterocycles. The molecule has 0 spiro atoms. The third-order valence-electron chi connectivity index (χ3n) is 3.03. The standard InChI is InChI=1S/C13H15ClN2OS/c14-10-4-2-1-3-9(10)7-11(17)16-12(13(15)18)8-5-6-8/h1-4,8,12H,5-7H2,(H2,15,18)(H,16,17). The van der Waals surface area contributed by atoms with E-state index in [0.717, 1.165) is 18.4 Å². The van der Waals surface area contributed by atoms with Gasteiger partial charge >= 0.3 is 0 Å². The summed E-state index contributed by atoms with van der Waals surface area (Å²) in [5.74, 6) is 0.325. The lowest BCUT2D eigenvalue weighted by molar-refractivity contribution is -0.120. The van der Waals surface area contributed by atoms with E-state index >= 15 is 0 Å². The van der Waals surface area contributed by atoms with Gasteiger partial charge in [0.15, 0.2) is 0 Å². The minimum Gasteiger partial charge on any atom is -0.392 e. The Labute approximate surface area is 117 Å². The van der Waals surface area contributed by atoms with Crippen LogP contribution in [0.4, 0.5) is 0 Å². The quantitative estimate of drug-likeness (QED) is 0.813. The van der Waals surface area contributed by atoms with E-state index in [0.29, 0.717) is 15.9 Å². The van der Waals surface area contributed by atoms with Gasteiger partial charge in [0, 0.05) is 5.02 Å². The summed E-state index contributed by atoms with van der Waals surface area (Å²) in [4.78, 5) is 12.3. The predicted octanol–water partition coefficient (Wildman–Crippen LogP) is 2.06. The highest BCUT2D eigenvalue weighted by Crippen LogP contribution is 2.32. The molecule has 3 N–H and O–H groups in total. The largest absolute Gasteiger partial charge is 0.392 e. The van der Waals surface area contributed by atoms with Crippen molar-refractivity contribution in [3.8, 4) is 0 Å². The third kappa shape index (κ3) is 3.43. The van der Waals surface area contributed by atoms with Crippen LogP contribution in [0, 0.1) is 5.92 Å². The summed E-state index contributed by atoms with van der Waals surface area (Å²) in [5.41, 5.74) is 6.45. The summed E-state index contributed by atoms with van der Waals surface area (Å²) in [6.45, 7) is 0. The van der Waals surface area contributed by atoms with Crippen molar-refractivity contribution in [1.82, 2.24) is 5.32 Å². The summed E-state index contributed by atoms with van der Waals surface area (Å²) >= 11 is 11.0. The Kier molecular flexibility index (Phi) is 4.19. The molecule has 1 aliphatic rings. The first-order valence-corrected chi connectivity index (χ1v) is 6.68. The molecular formula is C13H15ClN2OS. The molecular weight excluding hydrogens is 268 g/mol. The monoisotopic (exact) mass is 282 g/mol. The second-order valence-electron chi connectivity index (χ2n) is 4.55. The second kappa shape index (κ2) is 5.67. The molecule has 1 aromatic carbocycles. The molecule has 0 radical (unpaired) electrons. The number of carbonyl (C=O) groups excluding carboxylic acids is 1. The van der Waals surface area contributed by atoms with Crippen LogP contribution in [0.1, 0.15) is 18.4 Å². The highest BCUT2D eigenvalue weighted by molar-refractivity contribution is 7.80. The lowest BCUT2D eigenvalue weighted by atomic mass is 10.1. The first-order chi connectivity index (χ1) is 8.58. The summed E-state index contributed by atoms with van der Waals surface area (Å²) in [7, 11) is 0. The Balaban J connectivity index is 1.96. The summed E-state index contributed by atoms with van der Waals surface area (Å²) in [5, 5.41) is 3.49. The van der Waals surface area contributed by atoms with Crippen LogP contribution < -0.4 is 11.1 Å². The van der Waals surface area contributed by atoms with Crippen molar-refractivity contribution in [3.63, 3.8) is 0 Å². The number of amides is 1. The van der Waals surface area contributed by atoms with Gasteiger partial charge in [-0.3, -0.25) is 4.79 Å². The van der Waals surface area contributed by atoms with Gasteiger partial charge in [0.1, 0.15) is 0 Å². The topological polar surface area (TPSA) is 55.1 Å². The van der Waals surface area contributed by atoms with E-state index in [2.05, 4.69) is 5.32 Å². The van der Waals surface area contributed by atoms with Crippen LogP contribution in [0.25, 0.3) is 0 Å². The Hall–Kier alpha value is -1.13. The molecule has 3 nitrogen and oxygen atoms in total. The van der Waals surface area contributed by atoms with Crippen molar-refractivity contribution in [2.24, 2.45) is 11.7 Å². The molecule has 0 heterocycles. The highest BCUT2D eigenvalue weighted by Gasteiger charge is 2.34. The van der Waals surface area contributed by atoms with Crippen molar-refractivity contribution in [2.75, 3.05) is 0 Å². The molecule has 5 heteroatoms. The Morgan fingerprint density at radius 1 is 1.50 bits per heavy atom. The second-order valence-corrected chi connectivity index (χ2v) is 5.43. The molecule has 0 bridgehead atoms. The Morgan fingerprint density at radius 3 is 2.72 bits per heavy atom. The van der Waals surface area contributed by atoms with Crippen LogP contribution in [0.2, 0.25) is 5.02 Å². The fraction of sp³-hybridized carbons (Fsp3) is 0.385. The van der Waals surface area contributed by atoms with Crippen LogP contribution >= 0.6 is 23.8 Å². The molecule has 0 saturated heterocycles. The SMILES string of the molecule is NC(=S)C(NC(=O)Cc1ccccc1Cl)C1CC1. The summed E-state index contributed by atoms with van der Waals surface area (Å²) < 4.78 is 0. The van der Waals surface area contributed by atoms with Gasteiger partial charge in [-0.1, -0.05) is 42.0 Å². The maximum atomic E-state index is 11.9. The average Bonchev–Trinajstić information content (AvgIpc) is 3.13. The van der Waals surface area contributed by atoms with E-state index in [-0.39, 0.29) is 18.4 Å². The molecule has 1 unspecified atom stereocenters. The van der Waals surface area contributed by atoms with Gasteiger partial charge < -0.3 is 11.1 Å². The van der Waals surface area contributed by atoms with Gasteiger partial charge in [0.2, 0.25) is 5.91 Å². The fourth-order valence-electron chi connectivity index (χ4n) is 1.89. The molecule has 1 aliphatic carbocycles. The number of carbonyl (C=O) groups is 1. The number of nitrogens with two attached hydrogens (primary N) is 1. The zero-order valence-electron chi connectivity index (χ0n) is 9.86. The van der Waals surface area contributed by atoms with Crippen molar-refractivity contribution in [2.45, 2.75) is 25.3 Å². The number of halogens is 1. The van der Waals surface area contributed by atoms with Crippen molar-refractivity contribution in [3.05, 3.63) is 34.9 Å². The molecule has 1 amide bonds. The normalized spacial score (nSPS) is 16.1. The fourth-order valence-corrected chi connectivity index (χ4v) is 2.34. The van der Waals surface area contributed by atoms with Gasteiger partial charge in [-0.15, -0.1) is 0 Å². The van der Waals surface area contributed by atoms with E-state index in [4.69, 9.17) is 29.6 Å². The first-order valence-electron chi connectivity index (χ1n) is 5.90. The van der Waals surface area contributed by atoms with E-state index in [1.807, 2.05) is 18.2 Å². The molecule has 1 atom stereocenters. The number of thiocarbonyl (C=S) groups is 1. The van der Waals surface area contributed by atoms with Crippen LogP contribution in [-0.2, 0) is 11.2 Å². The van der Waals surface area contributed by atoms with Crippen LogP contribution in [0.5, 0.6) is 0 Å². The van der Waals surface area contributed by atoms with Gasteiger partial charge in [-0.05, 0) is 30.4 Å².